The molecule has 3 rings (SSSR count). The molecule has 1 aliphatic carbocycles. The standard InChI is InChI=1S/C21H22N2O2/c1-25-20-12-11-15(18-9-5-6-10-19(18)20)13-16(14-22)21(24)23-17-7-3-2-4-8-17/h5-6,9-13,17H,2-4,7-8H2,1H3,(H,23,24). The van der Waals surface area contributed by atoms with Gasteiger partial charge in [0.15, 0.2) is 0 Å². The quantitative estimate of drug-likeness (QED) is 0.673. The Hall–Kier alpha value is -2.80. The van der Waals surface area contributed by atoms with Gasteiger partial charge in [-0.25, -0.2) is 0 Å². The summed E-state index contributed by atoms with van der Waals surface area (Å²) >= 11 is 0. The first-order valence-corrected chi connectivity index (χ1v) is 8.71. The molecule has 0 saturated heterocycles. The van der Waals surface area contributed by atoms with Crippen LogP contribution in [0.25, 0.3) is 16.8 Å². The number of rotatable bonds is 4. The van der Waals surface area contributed by atoms with E-state index in [-0.39, 0.29) is 17.5 Å². The van der Waals surface area contributed by atoms with Gasteiger partial charge in [-0.2, -0.15) is 5.26 Å². The van der Waals surface area contributed by atoms with Crippen molar-refractivity contribution in [3.05, 3.63) is 47.5 Å². The Labute approximate surface area is 148 Å². The van der Waals surface area contributed by atoms with Crippen LogP contribution in [0.1, 0.15) is 37.7 Å². The van der Waals surface area contributed by atoms with Gasteiger partial charge in [-0.05, 0) is 35.9 Å². The number of carbonyl (C=O) groups is 1. The first-order chi connectivity index (χ1) is 12.2. The molecular weight excluding hydrogens is 312 g/mol. The Bertz CT molecular complexity index is 843. The van der Waals surface area contributed by atoms with Crippen LogP contribution in [-0.2, 0) is 4.79 Å². The zero-order valence-corrected chi connectivity index (χ0v) is 14.4. The SMILES string of the molecule is COc1ccc(C=C(C#N)C(=O)NC2CCCCC2)c2ccccc12. The molecule has 1 aliphatic rings. The Kier molecular flexibility index (Phi) is 5.35. The maximum Gasteiger partial charge on any atom is 0.262 e. The van der Waals surface area contributed by atoms with E-state index in [0.29, 0.717) is 0 Å². The lowest BCUT2D eigenvalue weighted by Crippen LogP contribution is -2.36. The number of carbonyl (C=O) groups excluding carboxylic acids is 1. The highest BCUT2D eigenvalue weighted by Gasteiger charge is 2.18. The predicted molar refractivity (Wildman–Crippen MR) is 99.1 cm³/mol. The van der Waals surface area contributed by atoms with Gasteiger partial charge in [-0.15, -0.1) is 0 Å². The number of nitrogens with one attached hydrogen (secondary N) is 1. The Morgan fingerprint density at radius 3 is 2.56 bits per heavy atom. The van der Waals surface area contributed by atoms with E-state index >= 15 is 0 Å². The maximum absolute atomic E-state index is 12.5. The molecule has 1 amide bonds. The van der Waals surface area contributed by atoms with Crippen LogP contribution in [-0.4, -0.2) is 19.1 Å². The molecule has 0 spiro atoms. The lowest BCUT2D eigenvalue weighted by molar-refractivity contribution is -0.117. The minimum atomic E-state index is -0.283. The van der Waals surface area contributed by atoms with Crippen molar-refractivity contribution >= 4 is 22.8 Å². The molecule has 2 aromatic carbocycles. The largest absolute Gasteiger partial charge is 0.496 e. The molecule has 25 heavy (non-hydrogen) atoms. The lowest BCUT2D eigenvalue weighted by Gasteiger charge is -2.22. The molecule has 2 aromatic rings. The molecule has 1 saturated carbocycles. The lowest BCUT2D eigenvalue weighted by atomic mass is 9.95. The molecular formula is C21H22N2O2. The molecule has 0 heterocycles. The van der Waals surface area contributed by atoms with E-state index in [1.54, 1.807) is 13.2 Å². The summed E-state index contributed by atoms with van der Waals surface area (Å²) in [5, 5.41) is 14.4. The van der Waals surface area contributed by atoms with Crippen molar-refractivity contribution in [2.75, 3.05) is 7.11 Å². The summed E-state index contributed by atoms with van der Waals surface area (Å²) in [6.45, 7) is 0. The number of amides is 1. The van der Waals surface area contributed by atoms with Gasteiger partial charge in [0.1, 0.15) is 17.4 Å². The van der Waals surface area contributed by atoms with Crippen LogP contribution in [0.2, 0.25) is 0 Å². The highest BCUT2D eigenvalue weighted by molar-refractivity contribution is 6.04. The van der Waals surface area contributed by atoms with Gasteiger partial charge >= 0.3 is 0 Å². The fourth-order valence-electron chi connectivity index (χ4n) is 3.41. The maximum atomic E-state index is 12.5. The highest BCUT2D eigenvalue weighted by Crippen LogP contribution is 2.29. The Morgan fingerprint density at radius 1 is 1.16 bits per heavy atom. The van der Waals surface area contributed by atoms with Crippen molar-refractivity contribution in [3.8, 4) is 11.8 Å². The number of nitriles is 1. The Balaban J connectivity index is 1.91. The second-order valence-corrected chi connectivity index (χ2v) is 6.38. The molecule has 4 heteroatoms. The minimum absolute atomic E-state index is 0.140. The van der Waals surface area contributed by atoms with Gasteiger partial charge < -0.3 is 10.1 Å². The Morgan fingerprint density at radius 2 is 1.88 bits per heavy atom. The number of hydrogen-bond acceptors (Lipinski definition) is 3. The van der Waals surface area contributed by atoms with E-state index in [9.17, 15) is 10.1 Å². The topological polar surface area (TPSA) is 62.1 Å². The fourth-order valence-corrected chi connectivity index (χ4v) is 3.41. The molecule has 0 bridgehead atoms. The highest BCUT2D eigenvalue weighted by atomic mass is 16.5. The first-order valence-electron chi connectivity index (χ1n) is 8.71. The van der Waals surface area contributed by atoms with Crippen LogP contribution in [0.15, 0.2) is 42.0 Å². The number of benzene rings is 2. The first kappa shape index (κ1) is 17.0. The molecule has 0 atom stereocenters. The number of fused-ring (bicyclic) bond motifs is 1. The number of methoxy groups -OCH3 is 1. The molecule has 128 valence electrons. The van der Waals surface area contributed by atoms with Gasteiger partial charge in [-0.3, -0.25) is 4.79 Å². The van der Waals surface area contributed by atoms with Crippen molar-refractivity contribution in [2.45, 2.75) is 38.1 Å². The smallest absolute Gasteiger partial charge is 0.262 e. The summed E-state index contributed by atoms with van der Waals surface area (Å²) in [6.07, 6.45) is 7.16. The van der Waals surface area contributed by atoms with Crippen LogP contribution >= 0.6 is 0 Å². The summed E-state index contributed by atoms with van der Waals surface area (Å²) in [7, 11) is 1.63. The van der Waals surface area contributed by atoms with Gasteiger partial charge in [0.05, 0.1) is 7.11 Å². The summed E-state index contributed by atoms with van der Waals surface area (Å²) in [6, 6.07) is 13.8. The van der Waals surface area contributed by atoms with E-state index in [4.69, 9.17) is 4.74 Å². The second-order valence-electron chi connectivity index (χ2n) is 6.38. The number of hydrogen-bond donors (Lipinski definition) is 1. The summed E-state index contributed by atoms with van der Waals surface area (Å²) in [4.78, 5) is 12.5. The van der Waals surface area contributed by atoms with Crippen LogP contribution in [0.3, 0.4) is 0 Å². The third-order valence-corrected chi connectivity index (χ3v) is 4.74. The van der Waals surface area contributed by atoms with Gasteiger partial charge in [0, 0.05) is 11.4 Å². The van der Waals surface area contributed by atoms with Gasteiger partial charge in [-0.1, -0.05) is 49.6 Å². The van der Waals surface area contributed by atoms with Crippen molar-refractivity contribution in [2.24, 2.45) is 0 Å². The molecule has 0 radical (unpaired) electrons. The normalized spacial score (nSPS) is 15.6. The van der Waals surface area contributed by atoms with E-state index in [0.717, 1.165) is 47.8 Å². The molecule has 1 N–H and O–H groups in total. The summed E-state index contributed by atoms with van der Waals surface area (Å²) in [5.41, 5.74) is 0.979. The van der Waals surface area contributed by atoms with E-state index in [1.807, 2.05) is 36.4 Å². The van der Waals surface area contributed by atoms with Gasteiger partial charge in [0.2, 0.25) is 0 Å². The summed E-state index contributed by atoms with van der Waals surface area (Å²) < 4.78 is 5.40. The predicted octanol–water partition coefficient (Wildman–Crippen LogP) is 4.20. The summed E-state index contributed by atoms with van der Waals surface area (Å²) in [5.74, 6) is 0.493. The molecule has 0 aromatic heterocycles. The van der Waals surface area contributed by atoms with E-state index in [1.165, 1.54) is 6.42 Å². The monoisotopic (exact) mass is 334 g/mol. The van der Waals surface area contributed by atoms with Crippen molar-refractivity contribution in [3.63, 3.8) is 0 Å². The van der Waals surface area contributed by atoms with Crippen LogP contribution in [0.5, 0.6) is 5.75 Å². The third-order valence-electron chi connectivity index (χ3n) is 4.74. The molecule has 4 nitrogen and oxygen atoms in total. The van der Waals surface area contributed by atoms with Crippen molar-refractivity contribution in [1.29, 1.82) is 5.26 Å². The molecule has 0 aliphatic heterocycles. The van der Waals surface area contributed by atoms with Crippen LogP contribution in [0, 0.1) is 11.3 Å². The number of ether oxygens (including phenoxy) is 1. The molecule has 0 unspecified atom stereocenters. The minimum Gasteiger partial charge on any atom is -0.496 e. The van der Waals surface area contributed by atoms with E-state index < -0.39 is 0 Å². The third kappa shape index (κ3) is 3.83. The average molecular weight is 334 g/mol. The zero-order valence-electron chi connectivity index (χ0n) is 14.4. The molecule has 1 fully saturated rings. The fraction of sp³-hybridized carbons (Fsp3) is 0.333. The van der Waals surface area contributed by atoms with Crippen molar-refractivity contribution < 1.29 is 9.53 Å². The zero-order chi connectivity index (χ0) is 17.6. The van der Waals surface area contributed by atoms with Gasteiger partial charge in [0.25, 0.3) is 5.91 Å². The second kappa shape index (κ2) is 7.85. The van der Waals surface area contributed by atoms with Crippen molar-refractivity contribution in [1.82, 2.24) is 5.32 Å². The van der Waals surface area contributed by atoms with Crippen LogP contribution < -0.4 is 10.1 Å². The average Bonchev–Trinajstić information content (AvgIpc) is 2.66. The van der Waals surface area contributed by atoms with Crippen LogP contribution in [0.4, 0.5) is 0 Å². The number of nitrogens with zero attached hydrogens (tertiary/aromatic N) is 1. The van der Waals surface area contributed by atoms with E-state index in [2.05, 4.69) is 11.4 Å².